The lowest BCUT2D eigenvalue weighted by molar-refractivity contribution is 0.173. The van der Waals surface area contributed by atoms with Crippen molar-refractivity contribution in [1.29, 1.82) is 0 Å². The standard InChI is InChI=1S/C11H16FNO2/c12-10-4-2-9(3-5-10)11(15)8-13-6-1-7-14/h2-5,11,13-15H,1,6-8H2. The van der Waals surface area contributed by atoms with Gasteiger partial charge in [0, 0.05) is 13.2 Å². The van der Waals surface area contributed by atoms with Gasteiger partial charge in [-0.15, -0.1) is 0 Å². The summed E-state index contributed by atoms with van der Waals surface area (Å²) in [4.78, 5) is 0. The molecule has 4 heteroatoms. The summed E-state index contributed by atoms with van der Waals surface area (Å²) in [6, 6.07) is 5.78. The third-order valence-electron chi connectivity index (χ3n) is 2.10. The molecule has 1 unspecified atom stereocenters. The monoisotopic (exact) mass is 213 g/mol. The molecule has 0 saturated carbocycles. The third kappa shape index (κ3) is 4.38. The summed E-state index contributed by atoms with van der Waals surface area (Å²) in [6.45, 7) is 1.21. The van der Waals surface area contributed by atoms with E-state index in [9.17, 15) is 9.50 Å². The van der Waals surface area contributed by atoms with Crippen LogP contribution < -0.4 is 5.32 Å². The Bertz CT molecular complexity index is 276. The normalized spacial score (nSPS) is 12.7. The first kappa shape index (κ1) is 12.1. The Morgan fingerprint density at radius 3 is 2.53 bits per heavy atom. The van der Waals surface area contributed by atoms with E-state index >= 15 is 0 Å². The Morgan fingerprint density at radius 2 is 1.93 bits per heavy atom. The van der Waals surface area contributed by atoms with E-state index in [0.717, 1.165) is 0 Å². The van der Waals surface area contributed by atoms with Gasteiger partial charge in [0.2, 0.25) is 0 Å². The number of rotatable bonds is 6. The highest BCUT2D eigenvalue weighted by Gasteiger charge is 2.06. The molecular weight excluding hydrogens is 197 g/mol. The van der Waals surface area contributed by atoms with E-state index < -0.39 is 6.10 Å². The summed E-state index contributed by atoms with van der Waals surface area (Å²) in [5.41, 5.74) is 0.688. The van der Waals surface area contributed by atoms with Gasteiger partial charge in [0.1, 0.15) is 5.82 Å². The summed E-state index contributed by atoms with van der Waals surface area (Å²) in [5, 5.41) is 21.2. The van der Waals surface area contributed by atoms with Crippen LogP contribution in [0.5, 0.6) is 0 Å². The summed E-state index contributed by atoms with van der Waals surface area (Å²) in [5.74, 6) is -0.306. The number of hydrogen-bond donors (Lipinski definition) is 3. The fourth-order valence-corrected chi connectivity index (χ4v) is 1.25. The van der Waals surface area contributed by atoms with Gasteiger partial charge in [-0.2, -0.15) is 0 Å². The average Bonchev–Trinajstić information content (AvgIpc) is 2.25. The summed E-state index contributed by atoms with van der Waals surface area (Å²) < 4.78 is 12.6. The first-order chi connectivity index (χ1) is 7.24. The highest BCUT2D eigenvalue weighted by molar-refractivity contribution is 5.18. The molecule has 1 atom stereocenters. The maximum absolute atomic E-state index is 12.6. The topological polar surface area (TPSA) is 52.5 Å². The van der Waals surface area contributed by atoms with E-state index in [0.29, 0.717) is 25.1 Å². The van der Waals surface area contributed by atoms with Crippen molar-refractivity contribution in [3.05, 3.63) is 35.6 Å². The zero-order valence-corrected chi connectivity index (χ0v) is 8.49. The molecule has 15 heavy (non-hydrogen) atoms. The SMILES string of the molecule is OCCCNCC(O)c1ccc(F)cc1. The Labute approximate surface area is 88.6 Å². The first-order valence-electron chi connectivity index (χ1n) is 4.99. The van der Waals surface area contributed by atoms with Crippen LogP contribution in [0.25, 0.3) is 0 Å². The van der Waals surface area contributed by atoms with Crippen molar-refractivity contribution < 1.29 is 14.6 Å². The molecule has 1 aromatic carbocycles. The van der Waals surface area contributed by atoms with Gasteiger partial charge in [-0.1, -0.05) is 12.1 Å². The van der Waals surface area contributed by atoms with Crippen LogP contribution in [-0.4, -0.2) is 29.9 Å². The van der Waals surface area contributed by atoms with Crippen LogP contribution in [0.15, 0.2) is 24.3 Å². The summed E-state index contributed by atoms with van der Waals surface area (Å²) in [6.07, 6.45) is 0.0279. The predicted molar refractivity (Wildman–Crippen MR) is 55.9 cm³/mol. The van der Waals surface area contributed by atoms with E-state index in [1.165, 1.54) is 12.1 Å². The van der Waals surface area contributed by atoms with Gasteiger partial charge in [0.15, 0.2) is 0 Å². The minimum atomic E-state index is -0.635. The first-order valence-corrected chi connectivity index (χ1v) is 4.99. The Morgan fingerprint density at radius 1 is 1.27 bits per heavy atom. The molecule has 1 aromatic rings. The quantitative estimate of drug-likeness (QED) is 0.613. The summed E-state index contributed by atoms with van der Waals surface area (Å²) in [7, 11) is 0. The molecule has 3 nitrogen and oxygen atoms in total. The number of halogens is 1. The molecule has 0 saturated heterocycles. The molecule has 0 heterocycles. The van der Waals surface area contributed by atoms with Crippen LogP contribution in [0.4, 0.5) is 4.39 Å². The van der Waals surface area contributed by atoms with E-state index in [1.807, 2.05) is 0 Å². The number of aliphatic hydroxyl groups is 2. The van der Waals surface area contributed by atoms with Crippen LogP contribution >= 0.6 is 0 Å². The van der Waals surface area contributed by atoms with Gasteiger partial charge < -0.3 is 15.5 Å². The molecule has 0 aromatic heterocycles. The zero-order chi connectivity index (χ0) is 11.1. The number of nitrogens with one attached hydrogen (secondary N) is 1. The Hall–Kier alpha value is -0.970. The van der Waals surface area contributed by atoms with E-state index in [2.05, 4.69) is 5.32 Å². The molecule has 1 rings (SSSR count). The van der Waals surface area contributed by atoms with Crippen molar-refractivity contribution in [1.82, 2.24) is 5.32 Å². The van der Waals surface area contributed by atoms with Crippen molar-refractivity contribution in [2.45, 2.75) is 12.5 Å². The molecule has 0 fully saturated rings. The van der Waals surface area contributed by atoms with Crippen LogP contribution in [0.1, 0.15) is 18.1 Å². The van der Waals surface area contributed by atoms with E-state index in [4.69, 9.17) is 5.11 Å². The van der Waals surface area contributed by atoms with Crippen molar-refractivity contribution in [3.63, 3.8) is 0 Å². The Balaban J connectivity index is 2.33. The molecular formula is C11H16FNO2. The molecule has 0 aliphatic heterocycles. The van der Waals surface area contributed by atoms with E-state index in [1.54, 1.807) is 12.1 Å². The Kier molecular flexibility index (Phi) is 5.25. The van der Waals surface area contributed by atoms with Crippen LogP contribution in [0.3, 0.4) is 0 Å². The second kappa shape index (κ2) is 6.50. The molecule has 0 radical (unpaired) electrons. The second-order valence-electron chi connectivity index (χ2n) is 3.35. The zero-order valence-electron chi connectivity index (χ0n) is 8.49. The highest BCUT2D eigenvalue weighted by atomic mass is 19.1. The van der Waals surface area contributed by atoms with Gasteiger partial charge in [-0.25, -0.2) is 4.39 Å². The van der Waals surface area contributed by atoms with Crippen LogP contribution in [0, 0.1) is 5.82 Å². The highest BCUT2D eigenvalue weighted by Crippen LogP contribution is 2.12. The number of hydrogen-bond acceptors (Lipinski definition) is 3. The number of benzene rings is 1. The lowest BCUT2D eigenvalue weighted by Gasteiger charge is -2.11. The van der Waals surface area contributed by atoms with E-state index in [-0.39, 0.29) is 12.4 Å². The largest absolute Gasteiger partial charge is 0.396 e. The summed E-state index contributed by atoms with van der Waals surface area (Å²) >= 11 is 0. The molecule has 0 aliphatic carbocycles. The van der Waals surface area contributed by atoms with Gasteiger partial charge in [0.05, 0.1) is 6.10 Å². The van der Waals surface area contributed by atoms with Gasteiger partial charge in [-0.05, 0) is 30.7 Å². The van der Waals surface area contributed by atoms with Gasteiger partial charge >= 0.3 is 0 Å². The molecule has 84 valence electrons. The van der Waals surface area contributed by atoms with Gasteiger partial charge in [0.25, 0.3) is 0 Å². The van der Waals surface area contributed by atoms with Crippen molar-refractivity contribution >= 4 is 0 Å². The smallest absolute Gasteiger partial charge is 0.123 e. The molecule has 0 aliphatic rings. The third-order valence-corrected chi connectivity index (χ3v) is 2.10. The molecule has 3 N–H and O–H groups in total. The predicted octanol–water partition coefficient (Wildman–Crippen LogP) is 0.831. The van der Waals surface area contributed by atoms with Crippen LogP contribution in [-0.2, 0) is 0 Å². The molecule has 0 bridgehead atoms. The maximum atomic E-state index is 12.6. The second-order valence-corrected chi connectivity index (χ2v) is 3.35. The fraction of sp³-hybridized carbons (Fsp3) is 0.455. The minimum Gasteiger partial charge on any atom is -0.396 e. The molecule has 0 amide bonds. The van der Waals surface area contributed by atoms with Crippen molar-refractivity contribution in [2.75, 3.05) is 19.7 Å². The van der Waals surface area contributed by atoms with Crippen molar-refractivity contribution in [2.24, 2.45) is 0 Å². The average molecular weight is 213 g/mol. The fourth-order valence-electron chi connectivity index (χ4n) is 1.25. The minimum absolute atomic E-state index is 0.139. The molecule has 0 spiro atoms. The van der Waals surface area contributed by atoms with Crippen LogP contribution in [0.2, 0.25) is 0 Å². The van der Waals surface area contributed by atoms with Crippen molar-refractivity contribution in [3.8, 4) is 0 Å². The lowest BCUT2D eigenvalue weighted by atomic mass is 10.1. The number of aliphatic hydroxyl groups excluding tert-OH is 2. The van der Waals surface area contributed by atoms with Gasteiger partial charge in [-0.3, -0.25) is 0 Å². The maximum Gasteiger partial charge on any atom is 0.123 e. The lowest BCUT2D eigenvalue weighted by Crippen LogP contribution is -2.23.